The maximum Gasteiger partial charge on any atom is 0.225 e. The first-order valence-corrected chi connectivity index (χ1v) is 7.61. The van der Waals surface area contributed by atoms with Crippen molar-refractivity contribution >= 4 is 39.0 Å². The van der Waals surface area contributed by atoms with Crippen molar-refractivity contribution in [2.24, 2.45) is 5.92 Å². The van der Waals surface area contributed by atoms with Gasteiger partial charge in [-0.25, -0.2) is 4.98 Å². The molecule has 0 bridgehead atoms. The number of pyridine rings is 1. The van der Waals surface area contributed by atoms with Gasteiger partial charge in [-0.1, -0.05) is 29.8 Å². The van der Waals surface area contributed by atoms with E-state index in [1.165, 1.54) is 0 Å². The highest BCUT2D eigenvalue weighted by molar-refractivity contribution is 9.10. The number of hydrogen-bond acceptors (Lipinski definition) is 3. The van der Waals surface area contributed by atoms with Crippen LogP contribution in [0.2, 0.25) is 0 Å². The zero-order valence-electron chi connectivity index (χ0n) is 12.1. The molecule has 1 heterocycles. The van der Waals surface area contributed by atoms with Gasteiger partial charge in [-0.2, -0.15) is 0 Å². The molecular weight excluding hydrogens is 330 g/mol. The molecule has 21 heavy (non-hydrogen) atoms. The fourth-order valence-corrected chi connectivity index (χ4v) is 2.07. The smallest absolute Gasteiger partial charge is 0.225 e. The summed E-state index contributed by atoms with van der Waals surface area (Å²) in [5.41, 5.74) is 1.86. The second-order valence-corrected chi connectivity index (χ2v) is 6.13. The average molecular weight is 348 g/mol. The second kappa shape index (κ2) is 7.22. The van der Waals surface area contributed by atoms with E-state index in [1.54, 1.807) is 12.3 Å². The molecule has 0 radical (unpaired) electrons. The van der Waals surface area contributed by atoms with Gasteiger partial charge in [0.15, 0.2) is 0 Å². The largest absolute Gasteiger partial charge is 0.354 e. The number of nitrogens with zero attached hydrogens (tertiary/aromatic N) is 1. The molecule has 0 unspecified atom stereocenters. The van der Waals surface area contributed by atoms with Gasteiger partial charge in [0.2, 0.25) is 5.91 Å². The Balaban J connectivity index is 1.95. The minimum absolute atomic E-state index is 0.00822. The predicted octanol–water partition coefficient (Wildman–Crippen LogP) is 4.57. The molecule has 110 valence electrons. The van der Waals surface area contributed by atoms with E-state index in [0.717, 1.165) is 15.8 Å². The summed E-state index contributed by atoms with van der Waals surface area (Å²) in [4.78, 5) is 15.9. The first kappa shape index (κ1) is 15.5. The quantitative estimate of drug-likeness (QED) is 0.832. The number of amides is 1. The lowest BCUT2D eigenvalue weighted by Gasteiger charge is -2.09. The molecule has 2 rings (SSSR count). The summed E-state index contributed by atoms with van der Waals surface area (Å²) in [6.45, 7) is 4.02. The number of anilines is 3. The number of nitrogens with one attached hydrogen (secondary N) is 2. The molecule has 5 heteroatoms. The summed E-state index contributed by atoms with van der Waals surface area (Å²) < 4.78 is 1.04. The van der Waals surface area contributed by atoms with Crippen molar-refractivity contribution in [2.45, 2.75) is 20.3 Å². The molecule has 0 saturated heterocycles. The van der Waals surface area contributed by atoms with Gasteiger partial charge in [0.1, 0.15) is 5.82 Å². The highest BCUT2D eigenvalue weighted by Gasteiger charge is 2.05. The highest BCUT2D eigenvalue weighted by atomic mass is 79.9. The van der Waals surface area contributed by atoms with Gasteiger partial charge in [-0.3, -0.25) is 4.79 Å². The average Bonchev–Trinajstić information content (AvgIpc) is 2.42. The zero-order chi connectivity index (χ0) is 15.2. The van der Waals surface area contributed by atoms with E-state index in [4.69, 9.17) is 0 Å². The van der Waals surface area contributed by atoms with Crippen LogP contribution in [0.3, 0.4) is 0 Å². The van der Waals surface area contributed by atoms with E-state index in [2.05, 4.69) is 31.5 Å². The summed E-state index contributed by atoms with van der Waals surface area (Å²) in [5.74, 6) is 0.900. The first-order valence-electron chi connectivity index (χ1n) is 6.81. The molecule has 2 N–H and O–H groups in total. The molecule has 0 fully saturated rings. The molecule has 0 saturated carbocycles. The Morgan fingerprint density at radius 2 is 1.81 bits per heavy atom. The Kier molecular flexibility index (Phi) is 5.33. The first-order chi connectivity index (χ1) is 10.0. The van der Waals surface area contributed by atoms with Gasteiger partial charge in [0, 0.05) is 16.6 Å². The fraction of sp³-hybridized carbons (Fsp3) is 0.250. The van der Waals surface area contributed by atoms with Gasteiger partial charge in [-0.05, 0) is 42.3 Å². The van der Waals surface area contributed by atoms with Crippen molar-refractivity contribution in [3.05, 3.63) is 47.1 Å². The van der Waals surface area contributed by atoms with Crippen LogP contribution in [0, 0.1) is 5.92 Å². The molecule has 0 spiro atoms. The number of rotatable bonds is 5. The number of carbonyl (C=O) groups excluding carboxylic acids is 1. The van der Waals surface area contributed by atoms with Gasteiger partial charge in [0.05, 0.1) is 11.9 Å². The standard InChI is InChI=1S/C16H18BrN3O/c1-11(2)9-16(21)20-15-8-7-14(10-18-15)19-13-5-3-12(17)4-6-13/h3-8,10-11,19H,9H2,1-2H3,(H,18,20,21). The van der Waals surface area contributed by atoms with Crippen LogP contribution in [0.15, 0.2) is 47.1 Å². The summed E-state index contributed by atoms with van der Waals surface area (Å²) >= 11 is 3.40. The number of benzene rings is 1. The molecule has 1 aromatic carbocycles. The maximum absolute atomic E-state index is 11.7. The molecule has 0 aliphatic carbocycles. The van der Waals surface area contributed by atoms with Crippen LogP contribution in [-0.2, 0) is 4.79 Å². The van der Waals surface area contributed by atoms with Crippen molar-refractivity contribution in [1.29, 1.82) is 0 Å². The number of hydrogen-bond donors (Lipinski definition) is 2. The third kappa shape index (κ3) is 5.19. The molecule has 0 aliphatic heterocycles. The lowest BCUT2D eigenvalue weighted by molar-refractivity contribution is -0.116. The molecule has 4 nitrogen and oxygen atoms in total. The van der Waals surface area contributed by atoms with Crippen molar-refractivity contribution in [2.75, 3.05) is 10.6 Å². The Morgan fingerprint density at radius 3 is 2.38 bits per heavy atom. The molecule has 0 atom stereocenters. The Hall–Kier alpha value is -1.88. The number of aromatic nitrogens is 1. The van der Waals surface area contributed by atoms with E-state index in [-0.39, 0.29) is 5.91 Å². The van der Waals surface area contributed by atoms with Crippen LogP contribution in [-0.4, -0.2) is 10.9 Å². The van der Waals surface area contributed by atoms with Crippen LogP contribution < -0.4 is 10.6 Å². The van der Waals surface area contributed by atoms with Gasteiger partial charge in [0.25, 0.3) is 0 Å². The summed E-state index contributed by atoms with van der Waals surface area (Å²) in [7, 11) is 0. The Bertz CT molecular complexity index is 594. The highest BCUT2D eigenvalue weighted by Crippen LogP contribution is 2.19. The van der Waals surface area contributed by atoms with E-state index in [0.29, 0.717) is 18.2 Å². The molecule has 1 amide bonds. The van der Waals surface area contributed by atoms with Crippen LogP contribution in [0.4, 0.5) is 17.2 Å². The van der Waals surface area contributed by atoms with Gasteiger partial charge in [-0.15, -0.1) is 0 Å². The minimum Gasteiger partial charge on any atom is -0.354 e. The van der Waals surface area contributed by atoms with Crippen LogP contribution in [0.1, 0.15) is 20.3 Å². The normalized spacial score (nSPS) is 10.5. The lowest BCUT2D eigenvalue weighted by Crippen LogP contribution is -2.14. The maximum atomic E-state index is 11.7. The van der Waals surface area contributed by atoms with Gasteiger partial charge >= 0.3 is 0 Å². The lowest BCUT2D eigenvalue weighted by atomic mass is 10.1. The monoisotopic (exact) mass is 347 g/mol. The van der Waals surface area contributed by atoms with Crippen molar-refractivity contribution in [3.8, 4) is 0 Å². The van der Waals surface area contributed by atoms with Crippen LogP contribution >= 0.6 is 15.9 Å². The van der Waals surface area contributed by atoms with Crippen LogP contribution in [0.5, 0.6) is 0 Å². The fourth-order valence-electron chi connectivity index (χ4n) is 1.81. The predicted molar refractivity (Wildman–Crippen MR) is 89.7 cm³/mol. The SMILES string of the molecule is CC(C)CC(=O)Nc1ccc(Nc2ccc(Br)cc2)cn1. The van der Waals surface area contributed by atoms with Crippen molar-refractivity contribution < 1.29 is 4.79 Å². The van der Waals surface area contributed by atoms with E-state index < -0.39 is 0 Å². The summed E-state index contributed by atoms with van der Waals surface area (Å²) in [6.07, 6.45) is 2.20. The zero-order valence-corrected chi connectivity index (χ0v) is 13.6. The second-order valence-electron chi connectivity index (χ2n) is 5.21. The van der Waals surface area contributed by atoms with Crippen LogP contribution in [0.25, 0.3) is 0 Å². The minimum atomic E-state index is -0.00822. The van der Waals surface area contributed by atoms with E-state index >= 15 is 0 Å². The Morgan fingerprint density at radius 1 is 1.14 bits per heavy atom. The third-order valence-electron chi connectivity index (χ3n) is 2.76. The summed E-state index contributed by atoms with van der Waals surface area (Å²) in [6, 6.07) is 11.6. The van der Waals surface area contributed by atoms with E-state index in [9.17, 15) is 4.79 Å². The topological polar surface area (TPSA) is 54.0 Å². The van der Waals surface area contributed by atoms with E-state index in [1.807, 2.05) is 44.2 Å². The molecule has 2 aromatic rings. The van der Waals surface area contributed by atoms with Gasteiger partial charge < -0.3 is 10.6 Å². The van der Waals surface area contributed by atoms with Crippen molar-refractivity contribution in [3.63, 3.8) is 0 Å². The van der Waals surface area contributed by atoms with Crippen molar-refractivity contribution in [1.82, 2.24) is 4.98 Å². The third-order valence-corrected chi connectivity index (χ3v) is 3.29. The summed E-state index contributed by atoms with van der Waals surface area (Å²) in [5, 5.41) is 6.04. The molecule has 1 aromatic heterocycles. The molecular formula is C16H18BrN3O. The number of halogens is 1. The number of carbonyl (C=O) groups is 1. The molecule has 0 aliphatic rings. The Labute approximate surface area is 133 Å².